The number of pyridine rings is 1. The van der Waals surface area contributed by atoms with Gasteiger partial charge in [-0.05, 0) is 31.3 Å². The molecule has 0 amide bonds. The summed E-state index contributed by atoms with van der Waals surface area (Å²) >= 11 is 0. The van der Waals surface area contributed by atoms with Crippen LogP contribution in [0.5, 0.6) is 5.75 Å². The Kier molecular flexibility index (Phi) is 4.82. The summed E-state index contributed by atoms with van der Waals surface area (Å²) in [5, 5.41) is 2.89. The number of nitrogens with one attached hydrogen (secondary N) is 2. The SMILES string of the molecule is CNCc1nc(S(=O)(=O)c2cccnc2)[nH]c1-c1ccccc1OC. The van der Waals surface area contributed by atoms with Crippen molar-refractivity contribution in [3.63, 3.8) is 0 Å². The minimum atomic E-state index is -3.78. The molecule has 0 saturated carbocycles. The summed E-state index contributed by atoms with van der Waals surface area (Å²) in [6.45, 7) is 0.409. The first-order valence-corrected chi connectivity index (χ1v) is 9.08. The summed E-state index contributed by atoms with van der Waals surface area (Å²) in [4.78, 5) is 11.2. The molecule has 0 aliphatic heterocycles. The van der Waals surface area contributed by atoms with Crippen LogP contribution < -0.4 is 10.1 Å². The molecule has 1 aromatic carbocycles. The molecular formula is C17H18N4O3S. The summed E-state index contributed by atoms with van der Waals surface area (Å²) in [5.74, 6) is 0.633. The second kappa shape index (κ2) is 7.04. The highest BCUT2D eigenvalue weighted by Crippen LogP contribution is 2.32. The summed E-state index contributed by atoms with van der Waals surface area (Å²) < 4.78 is 31.0. The third-order valence-corrected chi connectivity index (χ3v) is 5.24. The van der Waals surface area contributed by atoms with E-state index in [-0.39, 0.29) is 10.1 Å². The number of methoxy groups -OCH3 is 1. The van der Waals surface area contributed by atoms with Crippen LogP contribution in [0.3, 0.4) is 0 Å². The van der Waals surface area contributed by atoms with E-state index in [0.29, 0.717) is 23.7 Å². The highest BCUT2D eigenvalue weighted by molar-refractivity contribution is 7.91. The molecule has 0 saturated heterocycles. The van der Waals surface area contributed by atoms with Gasteiger partial charge in [0.25, 0.3) is 0 Å². The number of H-pyrrole nitrogens is 1. The Hall–Kier alpha value is -2.71. The van der Waals surface area contributed by atoms with Gasteiger partial charge >= 0.3 is 0 Å². The van der Waals surface area contributed by atoms with E-state index < -0.39 is 9.84 Å². The number of hydrogen-bond donors (Lipinski definition) is 2. The van der Waals surface area contributed by atoms with Gasteiger partial charge in [0.2, 0.25) is 15.0 Å². The Morgan fingerprint density at radius 3 is 2.68 bits per heavy atom. The van der Waals surface area contributed by atoms with Crippen LogP contribution in [-0.2, 0) is 16.4 Å². The number of aromatic nitrogens is 3. The molecule has 0 radical (unpaired) electrons. The molecule has 3 aromatic rings. The summed E-state index contributed by atoms with van der Waals surface area (Å²) in [6.07, 6.45) is 2.83. The summed E-state index contributed by atoms with van der Waals surface area (Å²) in [6, 6.07) is 10.4. The number of benzene rings is 1. The average Bonchev–Trinajstić information content (AvgIpc) is 3.07. The third kappa shape index (κ3) is 3.26. The van der Waals surface area contributed by atoms with Crippen molar-refractivity contribution >= 4 is 9.84 Å². The molecule has 0 aliphatic carbocycles. The highest BCUT2D eigenvalue weighted by atomic mass is 32.2. The van der Waals surface area contributed by atoms with Crippen molar-refractivity contribution in [1.82, 2.24) is 20.3 Å². The van der Waals surface area contributed by atoms with E-state index in [4.69, 9.17) is 4.74 Å². The molecule has 0 aliphatic rings. The number of hydrogen-bond acceptors (Lipinski definition) is 6. The molecule has 3 rings (SSSR count). The maximum Gasteiger partial charge on any atom is 0.241 e. The Labute approximate surface area is 146 Å². The predicted octanol–water partition coefficient (Wildman–Crippen LogP) is 2.03. The zero-order chi connectivity index (χ0) is 17.9. The topological polar surface area (TPSA) is 97.0 Å². The van der Waals surface area contributed by atoms with E-state index in [0.717, 1.165) is 5.56 Å². The quantitative estimate of drug-likeness (QED) is 0.700. The van der Waals surface area contributed by atoms with Gasteiger partial charge in [0, 0.05) is 24.5 Å². The predicted molar refractivity (Wildman–Crippen MR) is 93.0 cm³/mol. The smallest absolute Gasteiger partial charge is 0.241 e. The number of imidazole rings is 1. The number of nitrogens with zero attached hydrogens (tertiary/aromatic N) is 2. The first kappa shape index (κ1) is 17.1. The van der Waals surface area contributed by atoms with Crippen LogP contribution in [0.1, 0.15) is 5.69 Å². The largest absolute Gasteiger partial charge is 0.496 e. The lowest BCUT2D eigenvalue weighted by Gasteiger charge is -2.08. The van der Waals surface area contributed by atoms with Crippen molar-refractivity contribution in [1.29, 1.82) is 0 Å². The third-order valence-electron chi connectivity index (χ3n) is 3.68. The standard InChI is InChI=1S/C17H18N4O3S/c1-18-11-14-16(13-7-3-4-8-15(13)24-2)21-17(20-14)25(22,23)12-6-5-9-19-10-12/h3-10,18H,11H2,1-2H3,(H,20,21). The van der Waals surface area contributed by atoms with Gasteiger partial charge in [-0.3, -0.25) is 4.98 Å². The first-order valence-electron chi connectivity index (χ1n) is 7.60. The van der Waals surface area contributed by atoms with Crippen LogP contribution in [0.15, 0.2) is 58.8 Å². The van der Waals surface area contributed by atoms with Gasteiger partial charge in [-0.15, -0.1) is 0 Å². The molecule has 0 fully saturated rings. The lowest BCUT2D eigenvalue weighted by molar-refractivity contribution is 0.416. The fourth-order valence-electron chi connectivity index (χ4n) is 2.50. The van der Waals surface area contributed by atoms with Gasteiger partial charge < -0.3 is 15.0 Å². The normalized spacial score (nSPS) is 11.4. The Morgan fingerprint density at radius 1 is 1.20 bits per heavy atom. The van der Waals surface area contributed by atoms with Crippen molar-refractivity contribution in [3.05, 3.63) is 54.5 Å². The number of para-hydroxylation sites is 1. The number of rotatable bonds is 6. The van der Waals surface area contributed by atoms with Crippen LogP contribution in [0, 0.1) is 0 Å². The molecule has 7 nitrogen and oxygen atoms in total. The Morgan fingerprint density at radius 2 is 2.00 bits per heavy atom. The van der Waals surface area contributed by atoms with Crippen LogP contribution in [-0.4, -0.2) is 37.5 Å². The minimum absolute atomic E-state index is 0.0892. The second-order valence-electron chi connectivity index (χ2n) is 5.29. The van der Waals surface area contributed by atoms with E-state index in [2.05, 4.69) is 20.3 Å². The van der Waals surface area contributed by atoms with Crippen molar-refractivity contribution in [2.45, 2.75) is 16.6 Å². The number of ether oxygens (including phenoxy) is 1. The monoisotopic (exact) mass is 358 g/mol. The van der Waals surface area contributed by atoms with Crippen LogP contribution in [0.2, 0.25) is 0 Å². The van der Waals surface area contributed by atoms with E-state index in [1.165, 1.54) is 18.5 Å². The second-order valence-corrected chi connectivity index (χ2v) is 7.15. The van der Waals surface area contributed by atoms with Crippen molar-refractivity contribution < 1.29 is 13.2 Å². The lowest BCUT2D eigenvalue weighted by atomic mass is 10.1. The van der Waals surface area contributed by atoms with Crippen LogP contribution in [0.4, 0.5) is 0 Å². The van der Waals surface area contributed by atoms with E-state index >= 15 is 0 Å². The lowest BCUT2D eigenvalue weighted by Crippen LogP contribution is -2.08. The highest BCUT2D eigenvalue weighted by Gasteiger charge is 2.25. The van der Waals surface area contributed by atoms with Gasteiger partial charge in [-0.1, -0.05) is 12.1 Å². The van der Waals surface area contributed by atoms with Gasteiger partial charge in [-0.25, -0.2) is 13.4 Å². The number of sulfone groups is 1. The van der Waals surface area contributed by atoms with Crippen molar-refractivity contribution in [3.8, 4) is 17.0 Å². The molecule has 0 atom stereocenters. The van der Waals surface area contributed by atoms with Crippen molar-refractivity contribution in [2.75, 3.05) is 14.2 Å². The van der Waals surface area contributed by atoms with E-state index in [9.17, 15) is 8.42 Å². The molecule has 25 heavy (non-hydrogen) atoms. The van der Waals surface area contributed by atoms with Gasteiger partial charge in [0.15, 0.2) is 0 Å². The van der Waals surface area contributed by atoms with Crippen LogP contribution >= 0.6 is 0 Å². The fourth-order valence-corrected chi connectivity index (χ4v) is 3.65. The first-order chi connectivity index (χ1) is 12.1. The zero-order valence-corrected chi connectivity index (χ0v) is 14.7. The maximum absolute atomic E-state index is 12.8. The summed E-state index contributed by atoms with van der Waals surface area (Å²) in [5.41, 5.74) is 1.94. The maximum atomic E-state index is 12.8. The van der Waals surface area contributed by atoms with Gasteiger partial charge in [0.1, 0.15) is 5.75 Å². The molecule has 130 valence electrons. The molecule has 0 spiro atoms. The van der Waals surface area contributed by atoms with E-state index in [1.807, 2.05) is 24.3 Å². The van der Waals surface area contributed by atoms with Gasteiger partial charge in [-0.2, -0.15) is 0 Å². The van der Waals surface area contributed by atoms with Crippen LogP contribution in [0.25, 0.3) is 11.3 Å². The Bertz CT molecular complexity index is 969. The van der Waals surface area contributed by atoms with E-state index in [1.54, 1.807) is 20.2 Å². The zero-order valence-electron chi connectivity index (χ0n) is 13.9. The minimum Gasteiger partial charge on any atom is -0.496 e. The van der Waals surface area contributed by atoms with Crippen molar-refractivity contribution in [2.24, 2.45) is 0 Å². The average molecular weight is 358 g/mol. The van der Waals surface area contributed by atoms with Gasteiger partial charge in [0.05, 0.1) is 23.4 Å². The Balaban J connectivity index is 2.16. The molecule has 2 N–H and O–H groups in total. The number of aromatic amines is 1. The fraction of sp³-hybridized carbons (Fsp3) is 0.176. The molecule has 0 unspecified atom stereocenters. The molecule has 2 aromatic heterocycles. The molecule has 2 heterocycles. The molecule has 8 heteroatoms. The summed E-state index contributed by atoms with van der Waals surface area (Å²) in [7, 11) is -0.441. The molecule has 0 bridgehead atoms. The molecular weight excluding hydrogens is 340 g/mol.